The monoisotopic (exact) mass is 253 g/mol. The first-order chi connectivity index (χ1) is 7.70. The predicted octanol–water partition coefficient (Wildman–Crippen LogP) is 4.23. The van der Waals surface area contributed by atoms with Gasteiger partial charge >= 0.3 is 0 Å². The molecule has 88 valence electrons. The van der Waals surface area contributed by atoms with Crippen LogP contribution in [-0.2, 0) is 0 Å². The first-order valence-corrected chi connectivity index (χ1v) is 7.57. The van der Waals surface area contributed by atoms with Crippen LogP contribution in [-0.4, -0.2) is 11.3 Å². The Bertz CT molecular complexity index is 359. The second-order valence-corrected chi connectivity index (χ2v) is 7.10. The predicted molar refractivity (Wildman–Crippen MR) is 74.4 cm³/mol. The molecule has 2 rings (SSSR count). The highest BCUT2D eigenvalue weighted by molar-refractivity contribution is 8.01. The van der Waals surface area contributed by atoms with Crippen LogP contribution in [0.25, 0.3) is 0 Å². The quantitative estimate of drug-likeness (QED) is 0.806. The lowest BCUT2D eigenvalue weighted by molar-refractivity contribution is 0.428. The molecule has 0 radical (unpaired) electrons. The SMILES string of the molecule is C=CCC(C)NC1C[C@H](C)Sc2sccc21. The highest BCUT2D eigenvalue weighted by Gasteiger charge is 2.26. The molecular formula is C13H19NS2. The van der Waals surface area contributed by atoms with Crippen LogP contribution in [0.3, 0.4) is 0 Å². The molecule has 0 aliphatic carbocycles. The molecule has 1 nitrogen and oxygen atoms in total. The summed E-state index contributed by atoms with van der Waals surface area (Å²) in [4.78, 5) is 0. The van der Waals surface area contributed by atoms with E-state index in [2.05, 4.69) is 37.2 Å². The largest absolute Gasteiger partial charge is 0.307 e. The first-order valence-electron chi connectivity index (χ1n) is 5.81. The van der Waals surface area contributed by atoms with Gasteiger partial charge in [0, 0.05) is 17.3 Å². The zero-order chi connectivity index (χ0) is 11.5. The van der Waals surface area contributed by atoms with Crippen LogP contribution in [0.4, 0.5) is 0 Å². The average molecular weight is 253 g/mol. The molecular weight excluding hydrogens is 234 g/mol. The summed E-state index contributed by atoms with van der Waals surface area (Å²) in [5.74, 6) is 0. The van der Waals surface area contributed by atoms with Gasteiger partial charge in [-0.3, -0.25) is 0 Å². The van der Waals surface area contributed by atoms with Crippen LogP contribution < -0.4 is 5.32 Å². The minimum absolute atomic E-state index is 0.519. The van der Waals surface area contributed by atoms with E-state index in [1.807, 2.05) is 29.2 Å². The average Bonchev–Trinajstić information content (AvgIpc) is 2.65. The molecule has 2 unspecified atom stereocenters. The van der Waals surface area contributed by atoms with Gasteiger partial charge in [-0.25, -0.2) is 0 Å². The van der Waals surface area contributed by atoms with Crippen LogP contribution in [0, 0.1) is 0 Å². The third-order valence-electron chi connectivity index (χ3n) is 2.92. The molecule has 0 amide bonds. The van der Waals surface area contributed by atoms with E-state index in [0.29, 0.717) is 12.1 Å². The van der Waals surface area contributed by atoms with Gasteiger partial charge < -0.3 is 5.32 Å². The van der Waals surface area contributed by atoms with Crippen molar-refractivity contribution in [3.05, 3.63) is 29.7 Å². The molecule has 1 aromatic rings. The van der Waals surface area contributed by atoms with Crippen LogP contribution in [0.15, 0.2) is 28.3 Å². The van der Waals surface area contributed by atoms with Crippen molar-refractivity contribution in [2.45, 2.75) is 48.2 Å². The van der Waals surface area contributed by atoms with Gasteiger partial charge in [-0.15, -0.1) is 29.7 Å². The molecule has 0 fully saturated rings. The van der Waals surface area contributed by atoms with Gasteiger partial charge in [-0.05, 0) is 36.8 Å². The fraction of sp³-hybridized carbons (Fsp3) is 0.538. The Balaban J connectivity index is 2.08. The van der Waals surface area contributed by atoms with Crippen molar-refractivity contribution in [3.63, 3.8) is 0 Å². The molecule has 16 heavy (non-hydrogen) atoms. The zero-order valence-electron chi connectivity index (χ0n) is 9.90. The van der Waals surface area contributed by atoms with Gasteiger partial charge in [0.1, 0.15) is 0 Å². The highest BCUT2D eigenvalue weighted by atomic mass is 32.2. The van der Waals surface area contributed by atoms with Crippen molar-refractivity contribution in [1.29, 1.82) is 0 Å². The Labute approximate surface area is 106 Å². The van der Waals surface area contributed by atoms with Crippen molar-refractivity contribution < 1.29 is 0 Å². The number of thioether (sulfide) groups is 1. The van der Waals surface area contributed by atoms with E-state index in [1.165, 1.54) is 16.2 Å². The standard InChI is InChI=1S/C13H19NS2/c1-4-5-9(2)14-12-8-10(3)16-13-11(12)6-7-15-13/h4,6-7,9-10,12,14H,1,5,8H2,2-3H3/t9?,10-,12?/m0/s1. The number of rotatable bonds is 4. The Kier molecular flexibility index (Phi) is 4.11. The van der Waals surface area contributed by atoms with E-state index < -0.39 is 0 Å². The molecule has 2 heterocycles. The van der Waals surface area contributed by atoms with E-state index in [4.69, 9.17) is 0 Å². The van der Waals surface area contributed by atoms with Gasteiger partial charge in [0.15, 0.2) is 0 Å². The van der Waals surface area contributed by atoms with Crippen LogP contribution in [0.2, 0.25) is 0 Å². The number of nitrogens with one attached hydrogen (secondary N) is 1. The fourth-order valence-electron chi connectivity index (χ4n) is 2.17. The minimum Gasteiger partial charge on any atom is -0.307 e. The number of hydrogen-bond donors (Lipinski definition) is 1. The molecule has 0 saturated carbocycles. The van der Waals surface area contributed by atoms with Gasteiger partial charge in [0.25, 0.3) is 0 Å². The van der Waals surface area contributed by atoms with Gasteiger partial charge in [-0.1, -0.05) is 13.0 Å². The smallest absolute Gasteiger partial charge is 0.0649 e. The summed E-state index contributed by atoms with van der Waals surface area (Å²) in [5, 5.41) is 6.65. The first kappa shape index (κ1) is 12.2. The molecule has 1 aliphatic heterocycles. The van der Waals surface area contributed by atoms with E-state index in [9.17, 15) is 0 Å². The lowest BCUT2D eigenvalue weighted by Gasteiger charge is -2.29. The summed E-state index contributed by atoms with van der Waals surface area (Å²) in [6.07, 6.45) is 4.26. The Morgan fingerprint density at radius 3 is 3.25 bits per heavy atom. The van der Waals surface area contributed by atoms with E-state index >= 15 is 0 Å². The summed E-state index contributed by atoms with van der Waals surface area (Å²) < 4.78 is 1.50. The molecule has 0 bridgehead atoms. The van der Waals surface area contributed by atoms with Crippen LogP contribution >= 0.6 is 23.1 Å². The van der Waals surface area contributed by atoms with Crippen molar-refractivity contribution in [2.24, 2.45) is 0 Å². The van der Waals surface area contributed by atoms with E-state index in [-0.39, 0.29) is 0 Å². The molecule has 0 spiro atoms. The highest BCUT2D eigenvalue weighted by Crippen LogP contribution is 2.43. The van der Waals surface area contributed by atoms with Crippen LogP contribution in [0.5, 0.6) is 0 Å². The van der Waals surface area contributed by atoms with Crippen molar-refractivity contribution in [2.75, 3.05) is 0 Å². The summed E-state index contributed by atoms with van der Waals surface area (Å²) in [5.41, 5.74) is 1.50. The Morgan fingerprint density at radius 2 is 2.50 bits per heavy atom. The normalized spacial score (nSPS) is 26.1. The van der Waals surface area contributed by atoms with Gasteiger partial charge in [0.05, 0.1) is 4.21 Å². The number of thiophene rings is 1. The van der Waals surface area contributed by atoms with E-state index in [0.717, 1.165) is 11.7 Å². The number of hydrogen-bond acceptors (Lipinski definition) is 3. The summed E-state index contributed by atoms with van der Waals surface area (Å²) in [6.45, 7) is 8.36. The maximum Gasteiger partial charge on any atom is 0.0649 e. The maximum absolute atomic E-state index is 3.80. The zero-order valence-corrected chi connectivity index (χ0v) is 11.5. The molecule has 1 aliphatic rings. The van der Waals surface area contributed by atoms with E-state index in [1.54, 1.807) is 0 Å². The molecule has 0 aromatic carbocycles. The van der Waals surface area contributed by atoms with Crippen molar-refractivity contribution in [3.8, 4) is 0 Å². The molecule has 1 aromatic heterocycles. The molecule has 3 heteroatoms. The van der Waals surface area contributed by atoms with Gasteiger partial charge in [0.2, 0.25) is 0 Å². The third-order valence-corrected chi connectivity index (χ3v) is 5.26. The Morgan fingerprint density at radius 1 is 1.69 bits per heavy atom. The molecule has 0 saturated heterocycles. The maximum atomic E-state index is 3.80. The molecule has 3 atom stereocenters. The Hall–Kier alpha value is -0.250. The van der Waals surface area contributed by atoms with Gasteiger partial charge in [-0.2, -0.15) is 0 Å². The molecule has 1 N–H and O–H groups in total. The third kappa shape index (κ3) is 2.70. The summed E-state index contributed by atoms with van der Waals surface area (Å²) >= 11 is 3.90. The fourth-order valence-corrected chi connectivity index (χ4v) is 4.74. The second kappa shape index (κ2) is 5.39. The lowest BCUT2D eigenvalue weighted by atomic mass is 10.0. The topological polar surface area (TPSA) is 12.0 Å². The summed E-state index contributed by atoms with van der Waals surface area (Å²) in [6, 6.07) is 3.33. The van der Waals surface area contributed by atoms with Crippen molar-refractivity contribution >= 4 is 23.1 Å². The minimum atomic E-state index is 0.519. The van der Waals surface area contributed by atoms with Crippen molar-refractivity contribution in [1.82, 2.24) is 5.32 Å². The summed E-state index contributed by atoms with van der Waals surface area (Å²) in [7, 11) is 0. The van der Waals surface area contributed by atoms with Crippen LogP contribution in [0.1, 0.15) is 38.3 Å². The second-order valence-electron chi connectivity index (χ2n) is 4.47. The number of fused-ring (bicyclic) bond motifs is 1. The lowest BCUT2D eigenvalue weighted by Crippen LogP contribution is -2.33.